The van der Waals surface area contributed by atoms with Gasteiger partial charge in [0.25, 0.3) is 0 Å². The van der Waals surface area contributed by atoms with Crippen LogP contribution >= 0.6 is 23.1 Å². The third-order valence-electron chi connectivity index (χ3n) is 5.93. The van der Waals surface area contributed by atoms with Crippen LogP contribution in [0, 0.1) is 5.92 Å². The molecule has 2 fully saturated rings. The van der Waals surface area contributed by atoms with E-state index >= 15 is 0 Å². The topological polar surface area (TPSA) is 49.3 Å². The smallest absolute Gasteiger partial charge is 0.226 e. The van der Waals surface area contributed by atoms with Crippen LogP contribution in [0.2, 0.25) is 5.02 Å². The summed E-state index contributed by atoms with van der Waals surface area (Å²) < 4.78 is 4.52. The Balaban J connectivity index is 1.14. The first-order valence-corrected chi connectivity index (χ1v) is 11.5. The Morgan fingerprint density at radius 1 is 1.03 bits per heavy atom. The van der Waals surface area contributed by atoms with Gasteiger partial charge >= 0.3 is 0 Å². The summed E-state index contributed by atoms with van der Waals surface area (Å²) in [5, 5.41) is 1.68. The van der Waals surface area contributed by atoms with Crippen molar-refractivity contribution in [3.8, 4) is 0 Å². The minimum Gasteiger partial charge on any atom is -0.343 e. The maximum absolute atomic E-state index is 12.9. The minimum atomic E-state index is 0.159. The van der Waals surface area contributed by atoms with Crippen LogP contribution in [-0.4, -0.2) is 46.3 Å². The number of carbonyl (C=O) groups is 1. The van der Waals surface area contributed by atoms with Crippen LogP contribution in [0.4, 0.5) is 5.13 Å². The molecule has 5 rings (SSSR count). The van der Waals surface area contributed by atoms with Crippen LogP contribution in [-0.2, 0) is 11.2 Å². The van der Waals surface area contributed by atoms with Gasteiger partial charge in [-0.2, -0.15) is 4.37 Å². The highest BCUT2D eigenvalue weighted by molar-refractivity contribution is 7.09. The van der Waals surface area contributed by atoms with Gasteiger partial charge < -0.3 is 9.80 Å². The predicted molar refractivity (Wildman–Crippen MR) is 120 cm³/mol. The second-order valence-corrected chi connectivity index (χ2v) is 9.13. The van der Waals surface area contributed by atoms with Gasteiger partial charge in [0.15, 0.2) is 0 Å². The Hall–Kier alpha value is -2.44. The maximum atomic E-state index is 12.9. The lowest BCUT2D eigenvalue weighted by Crippen LogP contribution is -2.49. The molecule has 154 valence electrons. The SMILES string of the molecule is O=C(C1CC1c1ccccc1)N1CCN(c2nc(Cc3ccc(Cl)cc3)ns2)CC1. The van der Waals surface area contributed by atoms with E-state index in [1.165, 1.54) is 17.1 Å². The highest BCUT2D eigenvalue weighted by Gasteiger charge is 2.46. The summed E-state index contributed by atoms with van der Waals surface area (Å²) in [5.41, 5.74) is 2.44. The number of amides is 1. The van der Waals surface area contributed by atoms with Gasteiger partial charge in [-0.3, -0.25) is 4.79 Å². The lowest BCUT2D eigenvalue weighted by molar-refractivity contribution is -0.132. The molecule has 2 heterocycles. The second-order valence-electron chi connectivity index (χ2n) is 7.97. The van der Waals surface area contributed by atoms with E-state index in [1.807, 2.05) is 35.2 Å². The van der Waals surface area contributed by atoms with Gasteiger partial charge in [0, 0.05) is 55.1 Å². The van der Waals surface area contributed by atoms with Crippen molar-refractivity contribution in [2.75, 3.05) is 31.1 Å². The van der Waals surface area contributed by atoms with Crippen LogP contribution in [0.1, 0.15) is 29.3 Å². The van der Waals surface area contributed by atoms with Crippen molar-refractivity contribution in [2.45, 2.75) is 18.8 Å². The second kappa shape index (κ2) is 8.36. The summed E-state index contributed by atoms with van der Waals surface area (Å²) in [7, 11) is 0. The molecule has 5 nitrogen and oxygen atoms in total. The molecule has 7 heteroatoms. The van der Waals surface area contributed by atoms with E-state index in [4.69, 9.17) is 16.6 Å². The molecular formula is C23H23ClN4OS. The Kier molecular flexibility index (Phi) is 5.44. The zero-order valence-electron chi connectivity index (χ0n) is 16.6. The van der Waals surface area contributed by atoms with Gasteiger partial charge in [0.1, 0.15) is 5.82 Å². The highest BCUT2D eigenvalue weighted by atomic mass is 35.5. The summed E-state index contributed by atoms with van der Waals surface area (Å²) in [6, 6.07) is 18.2. The van der Waals surface area contributed by atoms with Crippen molar-refractivity contribution in [3.05, 3.63) is 76.6 Å². The van der Waals surface area contributed by atoms with E-state index in [0.717, 1.165) is 54.1 Å². The number of benzene rings is 2. The Morgan fingerprint density at radius 3 is 2.50 bits per heavy atom. The maximum Gasteiger partial charge on any atom is 0.226 e. The van der Waals surface area contributed by atoms with Crippen molar-refractivity contribution >= 4 is 34.2 Å². The van der Waals surface area contributed by atoms with Crippen molar-refractivity contribution in [3.63, 3.8) is 0 Å². The van der Waals surface area contributed by atoms with Crippen LogP contribution in [0.25, 0.3) is 0 Å². The molecule has 1 saturated carbocycles. The van der Waals surface area contributed by atoms with Gasteiger partial charge in [-0.25, -0.2) is 4.98 Å². The summed E-state index contributed by atoms with van der Waals surface area (Å²) in [4.78, 5) is 21.9. The normalized spacial score (nSPS) is 21.0. The average molecular weight is 439 g/mol. The molecule has 1 aromatic heterocycles. The van der Waals surface area contributed by atoms with Gasteiger partial charge in [-0.05, 0) is 35.6 Å². The Bertz CT molecular complexity index is 1020. The molecule has 1 aliphatic carbocycles. The number of halogens is 1. The van der Waals surface area contributed by atoms with Crippen LogP contribution in [0.5, 0.6) is 0 Å². The molecule has 1 amide bonds. The number of carbonyl (C=O) groups excluding carboxylic acids is 1. The molecule has 2 aromatic carbocycles. The van der Waals surface area contributed by atoms with E-state index in [1.54, 1.807) is 0 Å². The molecule has 2 atom stereocenters. The van der Waals surface area contributed by atoms with Crippen molar-refractivity contribution in [1.29, 1.82) is 0 Å². The first-order valence-electron chi connectivity index (χ1n) is 10.3. The zero-order valence-corrected chi connectivity index (χ0v) is 18.1. The fourth-order valence-electron chi connectivity index (χ4n) is 4.12. The molecule has 3 aromatic rings. The van der Waals surface area contributed by atoms with E-state index < -0.39 is 0 Å². The third kappa shape index (κ3) is 4.20. The van der Waals surface area contributed by atoms with Gasteiger partial charge in [-0.1, -0.05) is 54.1 Å². The molecule has 0 radical (unpaired) electrons. The lowest BCUT2D eigenvalue weighted by Gasteiger charge is -2.34. The minimum absolute atomic E-state index is 0.159. The summed E-state index contributed by atoms with van der Waals surface area (Å²) in [6.45, 7) is 3.12. The average Bonchev–Trinajstić information content (AvgIpc) is 3.46. The molecule has 30 heavy (non-hydrogen) atoms. The lowest BCUT2D eigenvalue weighted by atomic mass is 10.1. The third-order valence-corrected chi connectivity index (χ3v) is 7.00. The predicted octanol–water partition coefficient (Wildman–Crippen LogP) is 4.23. The zero-order chi connectivity index (χ0) is 20.5. The standard InChI is InChI=1S/C23H23ClN4OS/c24-18-8-6-16(7-9-18)14-21-25-23(30-26-21)28-12-10-27(11-13-28)22(29)20-15-19(20)17-4-2-1-3-5-17/h1-9,19-20H,10-15H2. The van der Waals surface area contributed by atoms with E-state index in [0.29, 0.717) is 18.2 Å². The fraction of sp³-hybridized carbons (Fsp3) is 0.348. The molecule has 0 spiro atoms. The number of aromatic nitrogens is 2. The van der Waals surface area contributed by atoms with Gasteiger partial charge in [-0.15, -0.1) is 0 Å². The summed E-state index contributed by atoms with van der Waals surface area (Å²) in [6.07, 6.45) is 1.68. The van der Waals surface area contributed by atoms with Crippen LogP contribution < -0.4 is 4.90 Å². The van der Waals surface area contributed by atoms with E-state index in [-0.39, 0.29) is 5.92 Å². The molecule has 0 bridgehead atoms. The van der Waals surface area contributed by atoms with Crippen LogP contribution in [0.15, 0.2) is 54.6 Å². The molecular weight excluding hydrogens is 416 g/mol. The first-order chi connectivity index (χ1) is 14.7. The molecule has 1 aliphatic heterocycles. The molecule has 0 N–H and O–H groups in total. The number of hydrogen-bond donors (Lipinski definition) is 0. The van der Waals surface area contributed by atoms with E-state index in [9.17, 15) is 4.79 Å². The largest absolute Gasteiger partial charge is 0.343 e. The molecule has 2 unspecified atom stereocenters. The number of anilines is 1. The number of rotatable bonds is 5. The highest BCUT2D eigenvalue weighted by Crippen LogP contribution is 2.48. The quantitative estimate of drug-likeness (QED) is 0.598. The fourth-order valence-corrected chi connectivity index (χ4v) is 4.98. The molecule has 1 saturated heterocycles. The molecule has 2 aliphatic rings. The number of hydrogen-bond acceptors (Lipinski definition) is 5. The van der Waals surface area contributed by atoms with E-state index in [2.05, 4.69) is 33.5 Å². The first kappa shape index (κ1) is 19.5. The van der Waals surface area contributed by atoms with Crippen molar-refractivity contribution in [1.82, 2.24) is 14.3 Å². The Morgan fingerprint density at radius 2 is 1.77 bits per heavy atom. The van der Waals surface area contributed by atoms with Crippen molar-refractivity contribution < 1.29 is 4.79 Å². The number of nitrogens with zero attached hydrogens (tertiary/aromatic N) is 4. The number of piperazine rings is 1. The summed E-state index contributed by atoms with van der Waals surface area (Å²) >= 11 is 7.39. The monoisotopic (exact) mass is 438 g/mol. The summed E-state index contributed by atoms with van der Waals surface area (Å²) in [5.74, 6) is 1.70. The van der Waals surface area contributed by atoms with Gasteiger partial charge in [0.05, 0.1) is 0 Å². The van der Waals surface area contributed by atoms with Gasteiger partial charge in [0.2, 0.25) is 11.0 Å². The van der Waals surface area contributed by atoms with Crippen LogP contribution in [0.3, 0.4) is 0 Å². The Labute approximate surface area is 185 Å². The van der Waals surface area contributed by atoms with Crippen molar-refractivity contribution in [2.24, 2.45) is 5.92 Å².